The Morgan fingerprint density at radius 1 is 1.32 bits per heavy atom. The van der Waals surface area contributed by atoms with Crippen LogP contribution in [0.15, 0.2) is 29.8 Å². The third kappa shape index (κ3) is 3.31. The molecule has 0 saturated carbocycles. The maximum absolute atomic E-state index is 9.05. The van der Waals surface area contributed by atoms with Crippen LogP contribution in [0.5, 0.6) is 0 Å². The Kier molecular flexibility index (Phi) is 4.44. The smallest absolute Gasteiger partial charge is 0.142 e. The van der Waals surface area contributed by atoms with Gasteiger partial charge < -0.3 is 4.90 Å². The molecule has 0 unspecified atom stereocenters. The summed E-state index contributed by atoms with van der Waals surface area (Å²) in [4.78, 5) is 9.49. The molecular formula is C18H24N4. The van der Waals surface area contributed by atoms with Crippen molar-refractivity contribution in [3.63, 3.8) is 0 Å². The molecule has 4 nitrogen and oxygen atoms in total. The third-order valence-corrected chi connectivity index (χ3v) is 4.73. The molecule has 0 radical (unpaired) electrons. The van der Waals surface area contributed by atoms with Crippen LogP contribution in [0.2, 0.25) is 0 Å². The van der Waals surface area contributed by atoms with Crippen LogP contribution >= 0.6 is 0 Å². The van der Waals surface area contributed by atoms with E-state index < -0.39 is 0 Å². The average Bonchev–Trinajstić information content (AvgIpc) is 2.84. The topological polar surface area (TPSA) is 43.2 Å². The van der Waals surface area contributed by atoms with Crippen molar-refractivity contribution in [3.05, 3.63) is 35.5 Å². The van der Waals surface area contributed by atoms with Crippen molar-refractivity contribution in [1.29, 1.82) is 5.26 Å². The van der Waals surface area contributed by atoms with Gasteiger partial charge >= 0.3 is 0 Å². The van der Waals surface area contributed by atoms with Crippen molar-refractivity contribution >= 4 is 5.82 Å². The Hall–Kier alpha value is -1.86. The van der Waals surface area contributed by atoms with E-state index in [-0.39, 0.29) is 0 Å². The average molecular weight is 296 g/mol. The lowest BCUT2D eigenvalue weighted by atomic mass is 9.95. The highest BCUT2D eigenvalue weighted by molar-refractivity contribution is 5.42. The fourth-order valence-electron chi connectivity index (χ4n) is 3.55. The highest BCUT2D eigenvalue weighted by Crippen LogP contribution is 2.30. The SMILES string of the molecule is CC(C)=CCN1C[C@H]2CC[C@@H]1CN(c1cccc(C#N)n1)C2. The normalized spacial score (nSPS) is 24.7. The molecule has 4 rings (SSSR count). The van der Waals surface area contributed by atoms with Crippen molar-refractivity contribution in [2.24, 2.45) is 5.92 Å². The van der Waals surface area contributed by atoms with Gasteiger partial charge in [0.1, 0.15) is 17.6 Å². The summed E-state index contributed by atoms with van der Waals surface area (Å²) >= 11 is 0. The van der Waals surface area contributed by atoms with E-state index in [1.54, 1.807) is 6.07 Å². The summed E-state index contributed by atoms with van der Waals surface area (Å²) in [5.41, 5.74) is 1.90. The molecule has 3 aliphatic rings. The van der Waals surface area contributed by atoms with Crippen molar-refractivity contribution in [2.45, 2.75) is 32.7 Å². The first-order chi connectivity index (χ1) is 10.7. The fraction of sp³-hybridized carbons (Fsp3) is 0.556. The molecule has 0 spiro atoms. The number of hydrogen-bond donors (Lipinski definition) is 0. The van der Waals surface area contributed by atoms with Crippen LogP contribution in [0.3, 0.4) is 0 Å². The number of allylic oxidation sites excluding steroid dienone is 1. The van der Waals surface area contributed by atoms with Crippen LogP contribution in [0.4, 0.5) is 5.82 Å². The van der Waals surface area contributed by atoms with E-state index in [1.807, 2.05) is 12.1 Å². The fourth-order valence-corrected chi connectivity index (χ4v) is 3.55. The number of rotatable bonds is 3. The number of hydrogen-bond acceptors (Lipinski definition) is 4. The zero-order chi connectivity index (χ0) is 15.5. The number of fused-ring (bicyclic) bond motifs is 4. The van der Waals surface area contributed by atoms with Gasteiger partial charge in [-0.25, -0.2) is 4.98 Å². The summed E-state index contributed by atoms with van der Waals surface area (Å²) in [6.07, 6.45) is 4.92. The minimum absolute atomic E-state index is 0.510. The second kappa shape index (κ2) is 6.50. The highest BCUT2D eigenvalue weighted by Gasteiger charge is 2.34. The molecule has 1 aromatic heterocycles. The van der Waals surface area contributed by atoms with Gasteiger partial charge in [0.25, 0.3) is 0 Å². The molecule has 22 heavy (non-hydrogen) atoms. The molecule has 4 heteroatoms. The molecule has 2 atom stereocenters. The van der Waals surface area contributed by atoms with Gasteiger partial charge in [-0.05, 0) is 44.7 Å². The molecule has 4 heterocycles. The Bertz CT molecular complexity index is 597. The predicted octanol–water partition coefficient (Wildman–Crippen LogP) is 2.82. The number of nitrogens with zero attached hydrogens (tertiary/aromatic N) is 4. The van der Waals surface area contributed by atoms with Crippen LogP contribution < -0.4 is 4.90 Å². The first-order valence-corrected chi connectivity index (χ1v) is 8.15. The van der Waals surface area contributed by atoms with E-state index in [9.17, 15) is 0 Å². The molecule has 3 aliphatic heterocycles. The minimum Gasteiger partial charge on any atom is -0.355 e. The quantitative estimate of drug-likeness (QED) is 0.805. The lowest BCUT2D eigenvalue weighted by Gasteiger charge is -2.35. The number of anilines is 1. The van der Waals surface area contributed by atoms with E-state index in [4.69, 9.17) is 5.26 Å². The molecule has 0 aliphatic carbocycles. The maximum atomic E-state index is 9.05. The Morgan fingerprint density at radius 3 is 2.95 bits per heavy atom. The molecule has 116 valence electrons. The van der Waals surface area contributed by atoms with Crippen LogP contribution in [-0.4, -0.2) is 42.1 Å². The molecule has 3 saturated heterocycles. The van der Waals surface area contributed by atoms with Gasteiger partial charge in [-0.2, -0.15) is 5.26 Å². The minimum atomic E-state index is 0.510. The van der Waals surface area contributed by atoms with Crippen molar-refractivity contribution in [3.8, 4) is 6.07 Å². The zero-order valence-electron chi connectivity index (χ0n) is 13.5. The summed E-state index contributed by atoms with van der Waals surface area (Å²) in [6, 6.07) is 8.49. The maximum Gasteiger partial charge on any atom is 0.142 e. The standard InChI is InChI=1S/C18H24N4/c1-14(2)8-9-21-11-15-6-7-17(21)13-22(12-15)18-5-3-4-16(10-19)20-18/h3-5,8,15,17H,6-7,9,11-13H2,1-2H3/t15-,17-/m1/s1. The number of pyridine rings is 1. The first kappa shape index (κ1) is 15.1. The lowest BCUT2D eigenvalue weighted by Crippen LogP contribution is -2.44. The second-order valence-electron chi connectivity index (χ2n) is 6.73. The van der Waals surface area contributed by atoms with Gasteiger partial charge in [0.05, 0.1) is 0 Å². The van der Waals surface area contributed by atoms with Crippen LogP contribution in [0.1, 0.15) is 32.4 Å². The summed E-state index contributed by atoms with van der Waals surface area (Å²) in [7, 11) is 0. The van der Waals surface area contributed by atoms with Crippen LogP contribution in [-0.2, 0) is 0 Å². The largest absolute Gasteiger partial charge is 0.355 e. The van der Waals surface area contributed by atoms with Gasteiger partial charge in [-0.3, -0.25) is 4.90 Å². The third-order valence-electron chi connectivity index (χ3n) is 4.73. The number of nitriles is 1. The molecule has 0 amide bonds. The van der Waals surface area contributed by atoms with Gasteiger partial charge in [0, 0.05) is 32.2 Å². The zero-order valence-corrected chi connectivity index (χ0v) is 13.5. The summed E-state index contributed by atoms with van der Waals surface area (Å²) in [5, 5.41) is 9.05. The second-order valence-corrected chi connectivity index (χ2v) is 6.73. The van der Waals surface area contributed by atoms with E-state index in [1.165, 1.54) is 25.0 Å². The lowest BCUT2D eigenvalue weighted by molar-refractivity contribution is 0.149. The monoisotopic (exact) mass is 296 g/mol. The molecule has 0 aromatic carbocycles. The van der Waals surface area contributed by atoms with Crippen LogP contribution in [0, 0.1) is 17.2 Å². The van der Waals surface area contributed by atoms with E-state index in [0.29, 0.717) is 17.7 Å². The molecular weight excluding hydrogens is 272 g/mol. The van der Waals surface area contributed by atoms with Crippen molar-refractivity contribution < 1.29 is 0 Å². The number of aromatic nitrogens is 1. The number of piperidine rings is 1. The van der Waals surface area contributed by atoms with Gasteiger partial charge in [0.15, 0.2) is 0 Å². The molecule has 2 bridgehead atoms. The Labute approximate surface area is 133 Å². The Balaban J connectivity index is 1.77. The molecule has 0 N–H and O–H groups in total. The highest BCUT2D eigenvalue weighted by atomic mass is 15.3. The van der Waals surface area contributed by atoms with Gasteiger partial charge in [-0.15, -0.1) is 0 Å². The van der Waals surface area contributed by atoms with E-state index >= 15 is 0 Å². The molecule has 1 aromatic rings. The van der Waals surface area contributed by atoms with Crippen molar-refractivity contribution in [1.82, 2.24) is 9.88 Å². The van der Waals surface area contributed by atoms with Gasteiger partial charge in [0.2, 0.25) is 0 Å². The predicted molar refractivity (Wildman–Crippen MR) is 88.7 cm³/mol. The van der Waals surface area contributed by atoms with E-state index in [0.717, 1.165) is 25.5 Å². The van der Waals surface area contributed by atoms with Crippen molar-refractivity contribution in [2.75, 3.05) is 31.1 Å². The first-order valence-electron chi connectivity index (χ1n) is 8.15. The van der Waals surface area contributed by atoms with E-state index in [2.05, 4.69) is 40.8 Å². The summed E-state index contributed by atoms with van der Waals surface area (Å²) in [5.74, 6) is 1.66. The summed E-state index contributed by atoms with van der Waals surface area (Å²) in [6.45, 7) is 8.66. The van der Waals surface area contributed by atoms with Crippen LogP contribution in [0.25, 0.3) is 0 Å². The van der Waals surface area contributed by atoms with Gasteiger partial charge in [-0.1, -0.05) is 17.7 Å². The Morgan fingerprint density at radius 2 is 2.18 bits per heavy atom. The summed E-state index contributed by atoms with van der Waals surface area (Å²) < 4.78 is 0. The molecule has 3 fully saturated rings.